The van der Waals surface area contributed by atoms with Crippen LogP contribution >= 0.6 is 0 Å². The number of piperazine rings is 1. The van der Waals surface area contributed by atoms with Gasteiger partial charge in [0.1, 0.15) is 5.75 Å². The first-order valence-corrected chi connectivity index (χ1v) is 8.13. The van der Waals surface area contributed by atoms with Gasteiger partial charge in [0.2, 0.25) is 11.8 Å². The van der Waals surface area contributed by atoms with Gasteiger partial charge in [0, 0.05) is 18.7 Å². The molecule has 0 radical (unpaired) electrons. The average molecular weight is 318 g/mol. The fourth-order valence-electron chi connectivity index (χ4n) is 3.25. The number of quaternary nitrogens is 1. The van der Waals surface area contributed by atoms with Crippen LogP contribution in [-0.2, 0) is 9.59 Å². The third-order valence-corrected chi connectivity index (χ3v) is 4.79. The Kier molecular flexibility index (Phi) is 4.52. The molecule has 0 aromatic heterocycles. The second kappa shape index (κ2) is 6.58. The fourth-order valence-corrected chi connectivity index (χ4v) is 3.25. The number of rotatable bonds is 3. The summed E-state index contributed by atoms with van der Waals surface area (Å²) in [6.45, 7) is 4.02. The van der Waals surface area contributed by atoms with Crippen LogP contribution in [0.5, 0.6) is 5.75 Å². The smallest absolute Gasteiger partial charge is 0.228 e. The number of hydrogen-bond acceptors (Lipinski definition) is 3. The molecule has 0 aliphatic carbocycles. The van der Waals surface area contributed by atoms with E-state index in [1.165, 1.54) is 4.90 Å². The van der Waals surface area contributed by atoms with Crippen molar-refractivity contribution in [1.29, 1.82) is 0 Å². The minimum absolute atomic E-state index is 0.0215. The molecule has 2 aliphatic rings. The highest BCUT2D eigenvalue weighted by atomic mass is 16.5. The fraction of sp³-hybridized carbons (Fsp3) is 0.529. The number of likely N-dealkylation sites (N-methyl/N-ethyl adjacent to an activating group) is 1. The van der Waals surface area contributed by atoms with Gasteiger partial charge in [-0.2, -0.15) is 0 Å². The largest absolute Gasteiger partial charge is 0.497 e. The lowest BCUT2D eigenvalue weighted by Crippen LogP contribution is -3.12. The topological polar surface area (TPSA) is 54.3 Å². The molecule has 0 unspecified atom stereocenters. The van der Waals surface area contributed by atoms with Gasteiger partial charge < -0.3 is 19.4 Å². The van der Waals surface area contributed by atoms with Crippen LogP contribution in [0.15, 0.2) is 24.3 Å². The molecule has 1 atom stereocenters. The SMILES string of the molecule is COc1ccc(N2C[C@H](C(=O)N3CC[NH+](C)CC3)CC2=O)cc1. The maximum Gasteiger partial charge on any atom is 0.228 e. The van der Waals surface area contributed by atoms with Crippen LogP contribution in [0.25, 0.3) is 0 Å². The molecule has 0 spiro atoms. The Labute approximate surface area is 136 Å². The standard InChI is InChI=1S/C17H23N3O3/c1-18-7-9-19(10-8-18)17(22)13-11-16(21)20(12-13)14-3-5-15(23-2)6-4-14/h3-6,13H,7-12H2,1-2H3/p+1/t13-/m1/s1. The van der Waals surface area contributed by atoms with E-state index in [0.717, 1.165) is 37.6 Å². The van der Waals surface area contributed by atoms with Gasteiger partial charge in [0.25, 0.3) is 0 Å². The third-order valence-electron chi connectivity index (χ3n) is 4.79. The molecule has 2 aliphatic heterocycles. The monoisotopic (exact) mass is 318 g/mol. The second-order valence-electron chi connectivity index (χ2n) is 6.39. The van der Waals surface area contributed by atoms with E-state index in [1.807, 2.05) is 29.2 Å². The summed E-state index contributed by atoms with van der Waals surface area (Å²) in [5, 5.41) is 0. The van der Waals surface area contributed by atoms with E-state index in [9.17, 15) is 9.59 Å². The second-order valence-corrected chi connectivity index (χ2v) is 6.39. The molecule has 2 fully saturated rings. The molecule has 124 valence electrons. The van der Waals surface area contributed by atoms with Gasteiger partial charge in [-0.15, -0.1) is 0 Å². The molecule has 3 rings (SSSR count). The number of methoxy groups -OCH3 is 1. The number of anilines is 1. The molecule has 6 nitrogen and oxygen atoms in total. The van der Waals surface area contributed by atoms with Crippen molar-refractivity contribution in [2.75, 3.05) is 51.8 Å². The van der Waals surface area contributed by atoms with Crippen LogP contribution in [0.4, 0.5) is 5.69 Å². The lowest BCUT2D eigenvalue weighted by atomic mass is 10.1. The first-order valence-electron chi connectivity index (χ1n) is 8.13. The maximum absolute atomic E-state index is 12.6. The van der Waals surface area contributed by atoms with E-state index >= 15 is 0 Å². The van der Waals surface area contributed by atoms with Crippen molar-refractivity contribution in [2.24, 2.45) is 5.92 Å². The highest BCUT2D eigenvalue weighted by Crippen LogP contribution is 2.27. The Bertz CT molecular complexity index is 579. The van der Waals surface area contributed by atoms with Crippen LogP contribution in [0.2, 0.25) is 0 Å². The maximum atomic E-state index is 12.6. The minimum atomic E-state index is -0.219. The highest BCUT2D eigenvalue weighted by Gasteiger charge is 2.38. The molecule has 6 heteroatoms. The number of carbonyl (C=O) groups excluding carboxylic acids is 2. The molecule has 2 heterocycles. The number of ether oxygens (including phenoxy) is 1. The van der Waals surface area contributed by atoms with E-state index in [1.54, 1.807) is 12.0 Å². The van der Waals surface area contributed by atoms with Gasteiger partial charge in [-0.3, -0.25) is 9.59 Å². The molecule has 2 saturated heterocycles. The minimum Gasteiger partial charge on any atom is -0.497 e. The average Bonchev–Trinajstić information content (AvgIpc) is 2.97. The molecule has 2 amide bonds. The molecular weight excluding hydrogens is 294 g/mol. The zero-order valence-corrected chi connectivity index (χ0v) is 13.7. The van der Waals surface area contributed by atoms with Crippen LogP contribution in [0, 0.1) is 5.92 Å². The summed E-state index contributed by atoms with van der Waals surface area (Å²) < 4.78 is 5.14. The third kappa shape index (κ3) is 3.32. The summed E-state index contributed by atoms with van der Waals surface area (Å²) in [7, 11) is 3.76. The van der Waals surface area contributed by atoms with Gasteiger partial charge >= 0.3 is 0 Å². The van der Waals surface area contributed by atoms with E-state index in [4.69, 9.17) is 4.74 Å². The molecule has 1 N–H and O–H groups in total. The lowest BCUT2D eigenvalue weighted by molar-refractivity contribution is -0.883. The number of benzene rings is 1. The van der Waals surface area contributed by atoms with Crippen molar-refractivity contribution in [3.8, 4) is 5.75 Å². The number of amides is 2. The Hall–Kier alpha value is -2.08. The molecule has 0 bridgehead atoms. The number of nitrogens with one attached hydrogen (secondary N) is 1. The van der Waals surface area contributed by atoms with Crippen molar-refractivity contribution in [3.05, 3.63) is 24.3 Å². The first kappa shape index (κ1) is 15.8. The summed E-state index contributed by atoms with van der Waals surface area (Å²) in [4.78, 5) is 30.0. The Morgan fingerprint density at radius 3 is 2.48 bits per heavy atom. The van der Waals surface area contributed by atoms with Crippen molar-refractivity contribution in [1.82, 2.24) is 4.90 Å². The summed E-state index contributed by atoms with van der Waals surface area (Å²) in [5.41, 5.74) is 0.828. The summed E-state index contributed by atoms with van der Waals surface area (Å²) in [5.74, 6) is 0.686. The number of carbonyl (C=O) groups is 2. The Morgan fingerprint density at radius 1 is 1.22 bits per heavy atom. The van der Waals surface area contributed by atoms with Gasteiger partial charge in [0.05, 0.1) is 46.3 Å². The first-order chi connectivity index (χ1) is 11.1. The zero-order valence-electron chi connectivity index (χ0n) is 13.7. The van der Waals surface area contributed by atoms with Crippen LogP contribution < -0.4 is 14.5 Å². The van der Waals surface area contributed by atoms with Gasteiger partial charge in [-0.1, -0.05) is 0 Å². The van der Waals surface area contributed by atoms with E-state index in [0.29, 0.717) is 13.0 Å². The quantitative estimate of drug-likeness (QED) is 0.810. The summed E-state index contributed by atoms with van der Waals surface area (Å²) in [6, 6.07) is 7.40. The van der Waals surface area contributed by atoms with Gasteiger partial charge in [0.15, 0.2) is 0 Å². The van der Waals surface area contributed by atoms with Crippen LogP contribution in [-0.4, -0.2) is 63.6 Å². The van der Waals surface area contributed by atoms with E-state index < -0.39 is 0 Å². The number of nitrogens with zero attached hydrogens (tertiary/aromatic N) is 2. The Morgan fingerprint density at radius 2 is 1.87 bits per heavy atom. The molecular formula is C17H24N3O3+. The van der Waals surface area contributed by atoms with Crippen molar-refractivity contribution < 1.29 is 19.2 Å². The zero-order chi connectivity index (χ0) is 16.4. The Balaban J connectivity index is 1.65. The summed E-state index contributed by atoms with van der Waals surface area (Å²) >= 11 is 0. The van der Waals surface area contributed by atoms with Crippen LogP contribution in [0.1, 0.15) is 6.42 Å². The predicted molar refractivity (Wildman–Crippen MR) is 86.7 cm³/mol. The van der Waals surface area contributed by atoms with Crippen molar-refractivity contribution in [3.63, 3.8) is 0 Å². The van der Waals surface area contributed by atoms with Crippen LogP contribution in [0.3, 0.4) is 0 Å². The van der Waals surface area contributed by atoms with E-state index in [-0.39, 0.29) is 17.7 Å². The number of hydrogen-bond donors (Lipinski definition) is 1. The van der Waals surface area contributed by atoms with Gasteiger partial charge in [-0.05, 0) is 24.3 Å². The molecule has 23 heavy (non-hydrogen) atoms. The molecule has 1 aromatic carbocycles. The molecule has 1 aromatic rings. The van der Waals surface area contributed by atoms with Gasteiger partial charge in [-0.25, -0.2) is 0 Å². The highest BCUT2D eigenvalue weighted by molar-refractivity contribution is 6.00. The lowest BCUT2D eigenvalue weighted by Gasteiger charge is -2.31. The predicted octanol–water partition coefficient (Wildman–Crippen LogP) is -0.595. The van der Waals surface area contributed by atoms with Crippen molar-refractivity contribution >= 4 is 17.5 Å². The molecule has 0 saturated carbocycles. The van der Waals surface area contributed by atoms with Crippen molar-refractivity contribution in [2.45, 2.75) is 6.42 Å². The normalized spacial score (nSPS) is 22.5. The van der Waals surface area contributed by atoms with E-state index in [2.05, 4.69) is 7.05 Å². The summed E-state index contributed by atoms with van der Waals surface area (Å²) in [6.07, 6.45) is 0.310.